The Labute approximate surface area is 443 Å². The average Bonchev–Trinajstić information content (AvgIpc) is 3.37. The van der Waals surface area contributed by atoms with Crippen molar-refractivity contribution < 1.29 is 24.5 Å². The van der Waals surface area contributed by atoms with E-state index in [-0.39, 0.29) is 18.5 Å². The van der Waals surface area contributed by atoms with Crippen molar-refractivity contribution in [2.24, 2.45) is 0 Å². The number of ether oxygens (including phenoxy) is 1. The number of aliphatic hydroxyl groups is 2. The summed E-state index contributed by atoms with van der Waals surface area (Å²) in [6.45, 7) is 4.93. The van der Waals surface area contributed by atoms with Crippen LogP contribution in [0, 0.1) is 0 Å². The molecule has 3 N–H and O–H groups in total. The summed E-state index contributed by atoms with van der Waals surface area (Å²) >= 11 is 0. The quantitative estimate of drug-likeness (QED) is 0.0320. The van der Waals surface area contributed by atoms with Gasteiger partial charge in [-0.1, -0.05) is 308 Å². The average molecular weight is 1000 g/mol. The molecule has 0 bridgehead atoms. The maximum atomic E-state index is 12.5. The van der Waals surface area contributed by atoms with E-state index < -0.39 is 12.1 Å². The molecule has 0 aliphatic rings. The Kier molecular flexibility index (Phi) is 59.5. The summed E-state index contributed by atoms with van der Waals surface area (Å²) < 4.78 is 5.47. The normalized spacial score (nSPS) is 12.7. The molecular formula is C65H125NO5. The molecule has 0 rings (SSSR count). The Bertz CT molecular complexity index is 1110. The Morgan fingerprint density at radius 2 is 0.690 bits per heavy atom. The highest BCUT2D eigenvalue weighted by Crippen LogP contribution is 2.18. The number of hydrogen-bond donors (Lipinski definition) is 3. The van der Waals surface area contributed by atoms with Gasteiger partial charge in [-0.25, -0.2) is 0 Å². The Hall–Kier alpha value is -1.66. The zero-order valence-corrected chi connectivity index (χ0v) is 48.0. The van der Waals surface area contributed by atoms with Gasteiger partial charge in [0.2, 0.25) is 5.91 Å². The van der Waals surface area contributed by atoms with Crippen LogP contribution in [0.15, 0.2) is 24.3 Å². The first-order valence-electron chi connectivity index (χ1n) is 32.1. The molecule has 0 saturated carbocycles. The van der Waals surface area contributed by atoms with Crippen LogP contribution in [0.2, 0.25) is 0 Å². The molecule has 0 aliphatic carbocycles. The molecule has 2 atom stereocenters. The minimum atomic E-state index is -0.679. The van der Waals surface area contributed by atoms with Gasteiger partial charge in [-0.05, 0) is 57.8 Å². The van der Waals surface area contributed by atoms with Crippen molar-refractivity contribution in [3.63, 3.8) is 0 Å². The molecule has 1 amide bonds. The van der Waals surface area contributed by atoms with Crippen LogP contribution in [-0.4, -0.2) is 47.4 Å². The molecule has 71 heavy (non-hydrogen) atoms. The molecular weight excluding hydrogens is 875 g/mol. The number of aliphatic hydroxyl groups excluding tert-OH is 2. The molecule has 420 valence electrons. The van der Waals surface area contributed by atoms with Crippen LogP contribution in [0.25, 0.3) is 0 Å². The zero-order valence-electron chi connectivity index (χ0n) is 48.0. The number of esters is 1. The summed E-state index contributed by atoms with van der Waals surface area (Å²) in [7, 11) is 0. The summed E-state index contributed by atoms with van der Waals surface area (Å²) in [6, 6.07) is -0.559. The molecule has 0 aromatic carbocycles. The summed E-state index contributed by atoms with van der Waals surface area (Å²) in [5.74, 6) is -0.0700. The highest BCUT2D eigenvalue weighted by Gasteiger charge is 2.20. The third kappa shape index (κ3) is 57.5. The predicted octanol–water partition coefficient (Wildman–Crippen LogP) is 20.2. The SMILES string of the molecule is CCCCCCCCCCCCCCCCCCCCCCC(O)C(CO)NC(=O)CCCCCCCC/C=C\C=C/CCCCCOC(=O)CCCCCCCCCCCCCCCCCCCCC. The molecule has 0 heterocycles. The van der Waals surface area contributed by atoms with Crippen LogP contribution in [0.4, 0.5) is 0 Å². The second-order valence-electron chi connectivity index (χ2n) is 22.1. The summed E-state index contributed by atoms with van der Waals surface area (Å²) in [5, 5.41) is 23.3. The Morgan fingerprint density at radius 3 is 1.04 bits per heavy atom. The van der Waals surface area contributed by atoms with E-state index in [1.807, 2.05) is 0 Å². The fourth-order valence-corrected chi connectivity index (χ4v) is 10.1. The first-order chi connectivity index (χ1) is 35.0. The standard InChI is InChI=1S/C65H125NO5/c1-3-5-7-9-11-13-15-17-19-21-23-25-26-29-33-37-41-45-49-53-57-63(68)62(61-67)66-64(69)58-54-50-46-42-38-34-30-28-32-36-40-44-48-52-56-60-71-65(70)59-55-51-47-43-39-35-31-27-24-22-20-18-16-14-12-10-8-6-4-2/h28,32,36,40,62-63,67-68H,3-27,29-31,33-35,37-39,41-61H2,1-2H3,(H,66,69)/b32-28-,40-36-. The first-order valence-corrected chi connectivity index (χ1v) is 32.1. The van der Waals surface area contributed by atoms with Crippen molar-refractivity contribution in [3.05, 3.63) is 24.3 Å². The largest absolute Gasteiger partial charge is 0.466 e. The third-order valence-electron chi connectivity index (χ3n) is 15.0. The van der Waals surface area contributed by atoms with E-state index in [0.717, 1.165) is 77.0 Å². The van der Waals surface area contributed by atoms with Gasteiger partial charge in [-0.3, -0.25) is 9.59 Å². The van der Waals surface area contributed by atoms with Gasteiger partial charge < -0.3 is 20.3 Å². The van der Waals surface area contributed by atoms with E-state index in [1.54, 1.807) is 0 Å². The summed E-state index contributed by atoms with van der Waals surface area (Å²) in [6.07, 6.45) is 74.8. The maximum absolute atomic E-state index is 12.5. The molecule has 0 saturated heterocycles. The van der Waals surface area contributed by atoms with E-state index in [0.29, 0.717) is 25.9 Å². The first kappa shape index (κ1) is 69.3. The van der Waals surface area contributed by atoms with Crippen LogP contribution < -0.4 is 5.32 Å². The fourth-order valence-electron chi connectivity index (χ4n) is 10.1. The number of unbranched alkanes of at least 4 members (excludes halogenated alkanes) is 46. The van der Waals surface area contributed by atoms with Gasteiger partial charge >= 0.3 is 5.97 Å². The second-order valence-corrected chi connectivity index (χ2v) is 22.1. The number of allylic oxidation sites excluding steroid dienone is 4. The smallest absolute Gasteiger partial charge is 0.305 e. The van der Waals surface area contributed by atoms with E-state index in [9.17, 15) is 19.8 Å². The fraction of sp³-hybridized carbons (Fsp3) is 0.908. The molecule has 6 heteroatoms. The van der Waals surface area contributed by atoms with Gasteiger partial charge in [0, 0.05) is 12.8 Å². The molecule has 0 aromatic heterocycles. The highest BCUT2D eigenvalue weighted by molar-refractivity contribution is 5.76. The molecule has 6 nitrogen and oxygen atoms in total. The van der Waals surface area contributed by atoms with E-state index in [2.05, 4.69) is 43.5 Å². The Balaban J connectivity index is 3.48. The van der Waals surface area contributed by atoms with Crippen molar-refractivity contribution in [2.45, 2.75) is 366 Å². The Morgan fingerprint density at radius 1 is 0.394 bits per heavy atom. The van der Waals surface area contributed by atoms with Crippen LogP contribution in [-0.2, 0) is 14.3 Å². The van der Waals surface area contributed by atoms with Crippen LogP contribution in [0.3, 0.4) is 0 Å². The number of hydrogen-bond acceptors (Lipinski definition) is 5. The molecule has 0 aromatic rings. The lowest BCUT2D eigenvalue weighted by Crippen LogP contribution is -2.45. The zero-order chi connectivity index (χ0) is 51.4. The summed E-state index contributed by atoms with van der Waals surface area (Å²) in [5.41, 5.74) is 0. The monoisotopic (exact) mass is 1000 g/mol. The second kappa shape index (κ2) is 60.9. The summed E-state index contributed by atoms with van der Waals surface area (Å²) in [4.78, 5) is 24.6. The minimum absolute atomic E-state index is 0.0160. The molecule has 2 unspecified atom stereocenters. The number of nitrogens with one attached hydrogen (secondary N) is 1. The number of rotatable bonds is 60. The lowest BCUT2D eigenvalue weighted by Gasteiger charge is -2.22. The molecule has 0 aliphatic heterocycles. The topological polar surface area (TPSA) is 95.9 Å². The predicted molar refractivity (Wildman–Crippen MR) is 310 cm³/mol. The third-order valence-corrected chi connectivity index (χ3v) is 15.0. The highest BCUT2D eigenvalue weighted by atomic mass is 16.5. The maximum Gasteiger partial charge on any atom is 0.305 e. The van der Waals surface area contributed by atoms with Crippen molar-refractivity contribution in [2.75, 3.05) is 13.2 Å². The van der Waals surface area contributed by atoms with Crippen LogP contribution >= 0.6 is 0 Å². The van der Waals surface area contributed by atoms with Crippen molar-refractivity contribution >= 4 is 11.9 Å². The van der Waals surface area contributed by atoms with Crippen LogP contribution in [0.1, 0.15) is 354 Å². The van der Waals surface area contributed by atoms with Gasteiger partial charge in [0.15, 0.2) is 0 Å². The van der Waals surface area contributed by atoms with E-state index in [4.69, 9.17) is 4.74 Å². The number of carbonyl (C=O) groups excluding carboxylic acids is 2. The number of amides is 1. The molecule has 0 fully saturated rings. The number of carbonyl (C=O) groups is 2. The van der Waals surface area contributed by atoms with Crippen molar-refractivity contribution in [1.82, 2.24) is 5.32 Å². The van der Waals surface area contributed by atoms with E-state index >= 15 is 0 Å². The van der Waals surface area contributed by atoms with Crippen molar-refractivity contribution in [1.29, 1.82) is 0 Å². The van der Waals surface area contributed by atoms with Crippen molar-refractivity contribution in [3.8, 4) is 0 Å². The lowest BCUT2D eigenvalue weighted by atomic mass is 10.0. The minimum Gasteiger partial charge on any atom is -0.466 e. The molecule has 0 spiro atoms. The van der Waals surface area contributed by atoms with Gasteiger partial charge in [0.25, 0.3) is 0 Å². The van der Waals surface area contributed by atoms with Gasteiger partial charge in [-0.15, -0.1) is 0 Å². The van der Waals surface area contributed by atoms with Gasteiger partial charge in [-0.2, -0.15) is 0 Å². The van der Waals surface area contributed by atoms with Crippen LogP contribution in [0.5, 0.6) is 0 Å². The van der Waals surface area contributed by atoms with Gasteiger partial charge in [0.05, 0.1) is 25.4 Å². The lowest BCUT2D eigenvalue weighted by molar-refractivity contribution is -0.143. The van der Waals surface area contributed by atoms with Gasteiger partial charge in [0.1, 0.15) is 0 Å². The molecule has 0 radical (unpaired) electrons. The van der Waals surface area contributed by atoms with E-state index in [1.165, 1.54) is 244 Å².